The van der Waals surface area contributed by atoms with Crippen LogP contribution in [0.25, 0.3) is 0 Å². The molecule has 16 heavy (non-hydrogen) atoms. The molecule has 0 aliphatic carbocycles. The Hall–Kier alpha value is -1.63. The molecule has 86 valence electrons. The number of hydrogen-bond donors (Lipinski definition) is 3. The number of aromatic carboxylic acids is 1. The molecular formula is C7H6N2O5S2. The van der Waals surface area contributed by atoms with Gasteiger partial charge in [0.15, 0.2) is 0 Å². The van der Waals surface area contributed by atoms with Crippen molar-refractivity contribution in [1.29, 1.82) is 5.26 Å². The van der Waals surface area contributed by atoms with Crippen LogP contribution >= 0.6 is 11.3 Å². The molecule has 7 nitrogen and oxygen atoms in total. The monoisotopic (exact) mass is 262 g/mol. The van der Waals surface area contributed by atoms with Crippen molar-refractivity contribution < 1.29 is 22.9 Å². The summed E-state index contributed by atoms with van der Waals surface area (Å²) in [6.07, 6.45) is 0. The van der Waals surface area contributed by atoms with Gasteiger partial charge < -0.3 is 10.8 Å². The van der Waals surface area contributed by atoms with E-state index in [2.05, 4.69) is 0 Å². The fraction of sp³-hybridized carbons (Fsp3) is 0.143. The molecular weight excluding hydrogens is 256 g/mol. The van der Waals surface area contributed by atoms with Gasteiger partial charge in [0.25, 0.3) is 10.1 Å². The molecule has 0 fully saturated rings. The molecule has 1 rings (SSSR count). The summed E-state index contributed by atoms with van der Waals surface area (Å²) in [6.45, 7) is 0. The van der Waals surface area contributed by atoms with E-state index in [0.717, 1.165) is 0 Å². The van der Waals surface area contributed by atoms with Crippen LogP contribution in [0.2, 0.25) is 0 Å². The Balaban J connectivity index is 3.46. The van der Waals surface area contributed by atoms with Crippen molar-refractivity contribution in [3.63, 3.8) is 0 Å². The first-order valence-electron chi connectivity index (χ1n) is 3.76. The molecule has 0 amide bonds. The number of carboxylic acids is 1. The number of nitriles is 1. The lowest BCUT2D eigenvalue weighted by molar-refractivity contribution is 0.0697. The second-order valence-corrected chi connectivity index (χ2v) is 5.30. The summed E-state index contributed by atoms with van der Waals surface area (Å²) in [4.78, 5) is 10.7. The van der Waals surface area contributed by atoms with E-state index in [0.29, 0.717) is 11.3 Å². The maximum atomic E-state index is 10.8. The average molecular weight is 262 g/mol. The summed E-state index contributed by atoms with van der Waals surface area (Å²) in [6, 6.07) is 1.63. The molecule has 0 atom stereocenters. The lowest BCUT2D eigenvalue weighted by atomic mass is 10.1. The molecule has 0 aliphatic heterocycles. The second-order valence-electron chi connectivity index (χ2n) is 2.79. The minimum atomic E-state index is -4.42. The molecule has 0 saturated heterocycles. The van der Waals surface area contributed by atoms with Crippen molar-refractivity contribution in [2.75, 3.05) is 5.73 Å². The number of anilines is 1. The van der Waals surface area contributed by atoms with Crippen LogP contribution in [0.5, 0.6) is 0 Å². The summed E-state index contributed by atoms with van der Waals surface area (Å²) in [7, 11) is -4.42. The number of nitrogen functional groups attached to an aromatic ring is 1. The minimum absolute atomic E-state index is 0.132. The predicted molar refractivity (Wildman–Crippen MR) is 55.7 cm³/mol. The Bertz CT molecular complexity index is 581. The highest BCUT2D eigenvalue weighted by molar-refractivity contribution is 7.85. The highest BCUT2D eigenvalue weighted by Crippen LogP contribution is 2.31. The first-order chi connectivity index (χ1) is 7.26. The summed E-state index contributed by atoms with van der Waals surface area (Å²) in [5, 5.41) is 17.3. The Morgan fingerprint density at radius 3 is 2.50 bits per heavy atom. The largest absolute Gasteiger partial charge is 0.478 e. The third-order valence-electron chi connectivity index (χ3n) is 1.68. The maximum Gasteiger partial charge on any atom is 0.339 e. The Labute approximate surface area is 94.5 Å². The number of hydrogen-bond acceptors (Lipinski definition) is 6. The molecule has 4 N–H and O–H groups in total. The molecule has 0 unspecified atom stereocenters. The van der Waals surface area contributed by atoms with Gasteiger partial charge in [-0.2, -0.15) is 13.7 Å². The van der Waals surface area contributed by atoms with E-state index in [1.165, 1.54) is 0 Å². The molecule has 0 saturated carbocycles. The van der Waals surface area contributed by atoms with Gasteiger partial charge in [-0.1, -0.05) is 0 Å². The first kappa shape index (κ1) is 12.4. The smallest absolute Gasteiger partial charge is 0.339 e. The van der Waals surface area contributed by atoms with E-state index in [9.17, 15) is 13.2 Å². The Kier molecular flexibility index (Phi) is 3.18. The van der Waals surface area contributed by atoms with Crippen molar-refractivity contribution >= 4 is 32.4 Å². The highest BCUT2D eigenvalue weighted by atomic mass is 32.2. The number of thiophene rings is 1. The maximum absolute atomic E-state index is 10.8. The molecule has 0 aromatic carbocycles. The standard InChI is InChI=1S/C7H6N2O5S2/c8-1-4-3(2-16(12,13)14)5(7(10)11)6(9)15-4/h2,9H2,(H,10,11)(H,12,13,14). The lowest BCUT2D eigenvalue weighted by Gasteiger charge is -1.99. The number of carbonyl (C=O) groups is 1. The third kappa shape index (κ3) is 2.48. The molecule has 1 aromatic heterocycles. The molecule has 1 heterocycles. The molecule has 0 spiro atoms. The normalized spacial score (nSPS) is 11.0. The minimum Gasteiger partial charge on any atom is -0.478 e. The van der Waals surface area contributed by atoms with Crippen molar-refractivity contribution in [2.45, 2.75) is 5.75 Å². The van der Waals surface area contributed by atoms with Gasteiger partial charge in [0, 0.05) is 5.56 Å². The summed E-state index contributed by atoms with van der Waals surface area (Å²) < 4.78 is 30.0. The first-order valence-corrected chi connectivity index (χ1v) is 6.18. The number of nitrogens with zero attached hydrogens (tertiary/aromatic N) is 1. The fourth-order valence-corrected chi connectivity index (χ4v) is 2.75. The van der Waals surface area contributed by atoms with Crippen molar-refractivity contribution in [1.82, 2.24) is 0 Å². The highest BCUT2D eigenvalue weighted by Gasteiger charge is 2.25. The van der Waals surface area contributed by atoms with E-state index in [1.807, 2.05) is 0 Å². The predicted octanol–water partition coefficient (Wildman–Crippen LogP) is 0.288. The van der Waals surface area contributed by atoms with Crippen LogP contribution in [0.1, 0.15) is 20.8 Å². The molecule has 0 aliphatic rings. The van der Waals surface area contributed by atoms with Gasteiger partial charge >= 0.3 is 5.97 Å². The average Bonchev–Trinajstić information content (AvgIpc) is 2.39. The van der Waals surface area contributed by atoms with E-state index in [-0.39, 0.29) is 15.4 Å². The van der Waals surface area contributed by atoms with Gasteiger partial charge in [0.1, 0.15) is 21.7 Å². The molecule has 0 radical (unpaired) electrons. The van der Waals surface area contributed by atoms with Gasteiger partial charge in [-0.25, -0.2) is 4.79 Å². The molecule has 1 aromatic rings. The third-order valence-corrected chi connectivity index (χ3v) is 3.30. The van der Waals surface area contributed by atoms with Crippen LogP contribution in [-0.4, -0.2) is 24.0 Å². The van der Waals surface area contributed by atoms with Gasteiger partial charge in [-0.3, -0.25) is 4.55 Å². The van der Waals surface area contributed by atoms with Gasteiger partial charge in [0.2, 0.25) is 0 Å². The molecule has 0 bridgehead atoms. The van der Waals surface area contributed by atoms with Gasteiger partial charge in [0.05, 0.1) is 5.56 Å². The zero-order valence-corrected chi connectivity index (χ0v) is 9.30. The number of carboxylic acid groups (broad SMARTS) is 1. The molecule has 9 heteroatoms. The van der Waals surface area contributed by atoms with Crippen LogP contribution in [-0.2, 0) is 15.9 Å². The lowest BCUT2D eigenvalue weighted by Crippen LogP contribution is -2.08. The Morgan fingerprint density at radius 2 is 2.12 bits per heavy atom. The summed E-state index contributed by atoms with van der Waals surface area (Å²) in [5.41, 5.74) is 4.62. The zero-order chi connectivity index (χ0) is 12.5. The zero-order valence-electron chi connectivity index (χ0n) is 7.67. The number of nitrogens with two attached hydrogens (primary N) is 1. The van der Waals surface area contributed by atoms with Crippen molar-refractivity contribution in [2.24, 2.45) is 0 Å². The fourth-order valence-electron chi connectivity index (χ4n) is 1.13. The van der Waals surface area contributed by atoms with Crippen LogP contribution < -0.4 is 5.73 Å². The van der Waals surface area contributed by atoms with Gasteiger partial charge in [-0.15, -0.1) is 11.3 Å². The van der Waals surface area contributed by atoms with Crippen LogP contribution in [0, 0.1) is 11.3 Å². The summed E-state index contributed by atoms with van der Waals surface area (Å²) in [5.74, 6) is -2.38. The van der Waals surface area contributed by atoms with E-state index < -0.39 is 27.4 Å². The van der Waals surface area contributed by atoms with Crippen molar-refractivity contribution in [3.8, 4) is 6.07 Å². The van der Waals surface area contributed by atoms with E-state index >= 15 is 0 Å². The van der Waals surface area contributed by atoms with Crippen LogP contribution in [0.4, 0.5) is 5.00 Å². The topological polar surface area (TPSA) is 141 Å². The summed E-state index contributed by atoms with van der Waals surface area (Å²) >= 11 is 0.670. The van der Waals surface area contributed by atoms with Crippen LogP contribution in [0.15, 0.2) is 0 Å². The quantitative estimate of drug-likeness (QED) is 0.664. The SMILES string of the molecule is N#Cc1sc(N)c(C(=O)O)c1CS(=O)(=O)O. The van der Waals surface area contributed by atoms with E-state index in [1.54, 1.807) is 6.07 Å². The number of rotatable bonds is 3. The van der Waals surface area contributed by atoms with Crippen molar-refractivity contribution in [3.05, 3.63) is 16.0 Å². The van der Waals surface area contributed by atoms with Crippen LogP contribution in [0.3, 0.4) is 0 Å². The Morgan fingerprint density at radius 1 is 1.56 bits per heavy atom. The van der Waals surface area contributed by atoms with Gasteiger partial charge in [-0.05, 0) is 0 Å². The second kappa shape index (κ2) is 4.09. The van der Waals surface area contributed by atoms with E-state index in [4.69, 9.17) is 20.7 Å².